The molecule has 20 heavy (non-hydrogen) atoms. The lowest BCUT2D eigenvalue weighted by atomic mass is 9.79. The SMILES string of the molecule is COC(=O)C1(C(=O)O)C=CC(c2ccccc2Br)=CC1. The first-order valence-corrected chi connectivity index (χ1v) is 6.76. The van der Waals surface area contributed by atoms with E-state index >= 15 is 0 Å². The van der Waals surface area contributed by atoms with E-state index in [9.17, 15) is 14.7 Å². The van der Waals surface area contributed by atoms with Crippen molar-refractivity contribution >= 4 is 33.4 Å². The molecule has 0 aliphatic heterocycles. The third-order valence-corrected chi connectivity index (χ3v) is 4.00. The van der Waals surface area contributed by atoms with Crippen LogP contribution in [0.1, 0.15) is 12.0 Å². The van der Waals surface area contributed by atoms with E-state index in [1.165, 1.54) is 13.2 Å². The number of carbonyl (C=O) groups excluding carboxylic acids is 1. The van der Waals surface area contributed by atoms with Gasteiger partial charge in [-0.3, -0.25) is 9.59 Å². The normalized spacial score (nSPS) is 21.2. The number of benzene rings is 1. The highest BCUT2D eigenvalue weighted by molar-refractivity contribution is 9.10. The van der Waals surface area contributed by atoms with Gasteiger partial charge in [0.1, 0.15) is 0 Å². The van der Waals surface area contributed by atoms with Gasteiger partial charge in [0.2, 0.25) is 0 Å². The van der Waals surface area contributed by atoms with E-state index in [0.29, 0.717) is 0 Å². The van der Waals surface area contributed by atoms with Gasteiger partial charge >= 0.3 is 11.9 Å². The minimum atomic E-state index is -1.63. The molecule has 1 aromatic carbocycles. The predicted octanol–water partition coefficient (Wildman–Crippen LogP) is 3.04. The van der Waals surface area contributed by atoms with Crippen LogP contribution in [0.4, 0.5) is 0 Å². The number of carbonyl (C=O) groups is 2. The van der Waals surface area contributed by atoms with Crippen molar-refractivity contribution < 1.29 is 19.4 Å². The highest BCUT2D eigenvalue weighted by Gasteiger charge is 2.45. The van der Waals surface area contributed by atoms with Crippen LogP contribution >= 0.6 is 15.9 Å². The third kappa shape index (κ3) is 2.41. The molecule has 0 spiro atoms. The monoisotopic (exact) mass is 336 g/mol. The lowest BCUT2D eigenvalue weighted by molar-refractivity contribution is -0.162. The Bertz CT molecular complexity index is 618. The second kappa shape index (κ2) is 5.63. The van der Waals surface area contributed by atoms with Crippen molar-refractivity contribution in [2.24, 2.45) is 5.41 Å². The lowest BCUT2D eigenvalue weighted by Gasteiger charge is -2.25. The molecular weight excluding hydrogens is 324 g/mol. The van der Waals surface area contributed by atoms with Crippen molar-refractivity contribution in [2.75, 3.05) is 7.11 Å². The van der Waals surface area contributed by atoms with Crippen molar-refractivity contribution in [3.05, 3.63) is 52.5 Å². The average Bonchev–Trinajstić information content (AvgIpc) is 2.47. The Hall–Kier alpha value is -1.88. The first-order chi connectivity index (χ1) is 9.51. The predicted molar refractivity (Wildman–Crippen MR) is 78.0 cm³/mol. The minimum absolute atomic E-state index is 0.0716. The Morgan fingerprint density at radius 3 is 2.55 bits per heavy atom. The first-order valence-electron chi connectivity index (χ1n) is 5.97. The molecular formula is C15H13BrO4. The molecule has 4 nitrogen and oxygen atoms in total. The molecule has 1 atom stereocenters. The smallest absolute Gasteiger partial charge is 0.327 e. The number of allylic oxidation sites excluding steroid dienone is 3. The van der Waals surface area contributed by atoms with Crippen LogP contribution in [-0.2, 0) is 14.3 Å². The molecule has 1 N–H and O–H groups in total. The minimum Gasteiger partial charge on any atom is -0.480 e. The van der Waals surface area contributed by atoms with E-state index in [4.69, 9.17) is 0 Å². The molecule has 1 unspecified atom stereocenters. The summed E-state index contributed by atoms with van der Waals surface area (Å²) in [5, 5.41) is 9.31. The lowest BCUT2D eigenvalue weighted by Crippen LogP contribution is -2.39. The molecule has 104 valence electrons. The number of hydrogen-bond donors (Lipinski definition) is 1. The van der Waals surface area contributed by atoms with Crippen molar-refractivity contribution in [1.82, 2.24) is 0 Å². The Balaban J connectivity index is 2.36. The Morgan fingerprint density at radius 2 is 2.05 bits per heavy atom. The number of methoxy groups -OCH3 is 1. The Morgan fingerprint density at radius 1 is 1.35 bits per heavy atom. The summed E-state index contributed by atoms with van der Waals surface area (Å²) >= 11 is 3.45. The van der Waals surface area contributed by atoms with Gasteiger partial charge in [0.25, 0.3) is 0 Å². The molecule has 0 radical (unpaired) electrons. The summed E-state index contributed by atoms with van der Waals surface area (Å²) in [6.45, 7) is 0. The topological polar surface area (TPSA) is 63.6 Å². The molecule has 2 rings (SSSR count). The highest BCUT2D eigenvalue weighted by Crippen LogP contribution is 2.36. The van der Waals surface area contributed by atoms with Gasteiger partial charge in [-0.05, 0) is 23.6 Å². The van der Waals surface area contributed by atoms with Gasteiger partial charge in [-0.15, -0.1) is 0 Å². The van der Waals surface area contributed by atoms with Gasteiger partial charge < -0.3 is 9.84 Å². The van der Waals surface area contributed by atoms with E-state index < -0.39 is 17.4 Å². The van der Waals surface area contributed by atoms with Crippen molar-refractivity contribution in [3.63, 3.8) is 0 Å². The van der Waals surface area contributed by atoms with Crippen LogP contribution in [0.5, 0.6) is 0 Å². The Kier molecular flexibility index (Phi) is 4.09. The van der Waals surface area contributed by atoms with Crippen molar-refractivity contribution in [1.29, 1.82) is 0 Å². The molecule has 1 aliphatic rings. The summed E-state index contributed by atoms with van der Waals surface area (Å²) < 4.78 is 5.52. The molecule has 5 heteroatoms. The quantitative estimate of drug-likeness (QED) is 0.680. The zero-order valence-corrected chi connectivity index (χ0v) is 12.4. The van der Waals surface area contributed by atoms with Crippen LogP contribution in [0.2, 0.25) is 0 Å². The maximum Gasteiger partial charge on any atom is 0.327 e. The summed E-state index contributed by atoms with van der Waals surface area (Å²) in [6, 6.07) is 7.63. The number of rotatable bonds is 3. The van der Waals surface area contributed by atoms with E-state index in [-0.39, 0.29) is 6.42 Å². The summed E-state index contributed by atoms with van der Waals surface area (Å²) in [6.07, 6.45) is 4.86. The molecule has 0 saturated carbocycles. The molecule has 0 aromatic heterocycles. The molecule has 0 saturated heterocycles. The van der Waals surface area contributed by atoms with Crippen LogP contribution < -0.4 is 0 Å². The van der Waals surface area contributed by atoms with Crippen LogP contribution in [0, 0.1) is 5.41 Å². The summed E-state index contributed by atoms with van der Waals surface area (Å²) in [5.74, 6) is -1.97. The van der Waals surface area contributed by atoms with Crippen LogP contribution in [0.3, 0.4) is 0 Å². The standard InChI is InChI=1S/C15H13BrO4/c1-20-14(19)15(13(17)18)8-6-10(7-9-15)11-4-2-3-5-12(11)16/h2-8H,9H2,1H3,(H,17,18). The molecule has 0 bridgehead atoms. The van der Waals surface area contributed by atoms with Gasteiger partial charge in [-0.2, -0.15) is 0 Å². The van der Waals surface area contributed by atoms with Crippen molar-refractivity contribution in [2.45, 2.75) is 6.42 Å². The molecule has 0 amide bonds. The third-order valence-electron chi connectivity index (χ3n) is 3.31. The number of halogens is 1. The van der Waals surface area contributed by atoms with Crippen LogP contribution in [0.15, 0.2) is 47.0 Å². The highest BCUT2D eigenvalue weighted by atomic mass is 79.9. The van der Waals surface area contributed by atoms with E-state index in [0.717, 1.165) is 15.6 Å². The number of carboxylic acids is 1. The maximum atomic E-state index is 11.7. The van der Waals surface area contributed by atoms with Gasteiger partial charge in [-0.25, -0.2) is 0 Å². The van der Waals surface area contributed by atoms with Gasteiger partial charge in [0.05, 0.1) is 7.11 Å². The summed E-state index contributed by atoms with van der Waals surface area (Å²) in [5.41, 5.74) is 0.199. The first kappa shape index (κ1) is 14.5. The number of carboxylic acid groups (broad SMARTS) is 1. The largest absolute Gasteiger partial charge is 0.480 e. The molecule has 0 fully saturated rings. The second-order valence-electron chi connectivity index (χ2n) is 4.44. The molecule has 1 aliphatic carbocycles. The Labute approximate surface area is 124 Å². The fourth-order valence-corrected chi connectivity index (χ4v) is 2.63. The number of hydrogen-bond acceptors (Lipinski definition) is 3. The molecule has 1 aromatic rings. The summed E-state index contributed by atoms with van der Waals surface area (Å²) in [7, 11) is 1.19. The van der Waals surface area contributed by atoms with Crippen molar-refractivity contribution in [3.8, 4) is 0 Å². The number of esters is 1. The van der Waals surface area contributed by atoms with Crippen LogP contribution in [-0.4, -0.2) is 24.2 Å². The van der Waals surface area contributed by atoms with Gasteiger partial charge in [-0.1, -0.05) is 52.4 Å². The van der Waals surface area contributed by atoms with E-state index in [1.807, 2.05) is 24.3 Å². The zero-order valence-electron chi connectivity index (χ0n) is 10.8. The van der Waals surface area contributed by atoms with Gasteiger partial charge in [0.15, 0.2) is 5.41 Å². The number of ether oxygens (including phenoxy) is 1. The fourth-order valence-electron chi connectivity index (χ4n) is 2.11. The summed E-state index contributed by atoms with van der Waals surface area (Å²) in [4.78, 5) is 23.1. The zero-order chi connectivity index (χ0) is 14.8. The number of aliphatic carboxylic acids is 1. The fraction of sp³-hybridized carbons (Fsp3) is 0.200. The second-order valence-corrected chi connectivity index (χ2v) is 5.30. The van der Waals surface area contributed by atoms with E-state index in [1.54, 1.807) is 12.2 Å². The maximum absolute atomic E-state index is 11.7. The molecule has 0 heterocycles. The van der Waals surface area contributed by atoms with Crippen LogP contribution in [0.25, 0.3) is 5.57 Å². The average molecular weight is 337 g/mol. The van der Waals surface area contributed by atoms with E-state index in [2.05, 4.69) is 20.7 Å². The van der Waals surface area contributed by atoms with Gasteiger partial charge in [0, 0.05) is 4.47 Å².